The van der Waals surface area contributed by atoms with Crippen molar-refractivity contribution in [2.24, 2.45) is 0 Å². The summed E-state index contributed by atoms with van der Waals surface area (Å²) in [6.07, 6.45) is 2.01. The molecule has 10 nitrogen and oxygen atoms in total. The van der Waals surface area contributed by atoms with Crippen LogP contribution in [0.5, 0.6) is 0 Å². The van der Waals surface area contributed by atoms with Crippen molar-refractivity contribution in [3.63, 3.8) is 0 Å². The summed E-state index contributed by atoms with van der Waals surface area (Å²) in [6.45, 7) is 1.84. The van der Waals surface area contributed by atoms with E-state index in [4.69, 9.17) is 4.74 Å². The molecule has 0 fully saturated rings. The summed E-state index contributed by atoms with van der Waals surface area (Å²) < 4.78 is 19.6. The quantitative estimate of drug-likeness (QED) is 0.418. The molecule has 3 amide bonds. The predicted molar refractivity (Wildman–Crippen MR) is 139 cm³/mol. The zero-order chi connectivity index (χ0) is 27.4. The molecular weight excluding hydrogens is 493 g/mol. The Morgan fingerprint density at radius 2 is 1.95 bits per heavy atom. The van der Waals surface area contributed by atoms with E-state index >= 15 is 0 Å². The van der Waals surface area contributed by atoms with Crippen molar-refractivity contribution in [1.82, 2.24) is 20.0 Å². The van der Waals surface area contributed by atoms with Crippen LogP contribution in [-0.4, -0.2) is 58.6 Å². The van der Waals surface area contributed by atoms with Gasteiger partial charge in [0.2, 0.25) is 0 Å². The number of carbonyl (C=O) groups excluding carboxylic acids is 2. The first kappa shape index (κ1) is 26.7. The minimum Gasteiger partial charge on any atom is -0.389 e. The van der Waals surface area contributed by atoms with E-state index in [1.807, 2.05) is 6.92 Å². The SMILES string of the molecule is COC[C@H](O)Cn1nccc(-c2ccc(C)c(NC(=O)C3=CN(C)C(=O)N[C@H]3c3ccc(F)cc3)c2)c1=O. The molecule has 38 heavy (non-hydrogen) atoms. The molecule has 3 aromatic rings. The highest BCUT2D eigenvalue weighted by Crippen LogP contribution is 2.29. The van der Waals surface area contributed by atoms with Crippen LogP contribution in [0.1, 0.15) is 17.2 Å². The highest BCUT2D eigenvalue weighted by atomic mass is 19.1. The fourth-order valence-electron chi connectivity index (χ4n) is 4.12. The second kappa shape index (κ2) is 11.4. The van der Waals surface area contributed by atoms with Gasteiger partial charge in [-0.25, -0.2) is 13.9 Å². The summed E-state index contributed by atoms with van der Waals surface area (Å²) in [5.74, 6) is -0.903. The van der Waals surface area contributed by atoms with Crippen LogP contribution >= 0.6 is 0 Å². The highest BCUT2D eigenvalue weighted by Gasteiger charge is 2.30. The monoisotopic (exact) mass is 521 g/mol. The Morgan fingerprint density at radius 1 is 1.21 bits per heavy atom. The van der Waals surface area contributed by atoms with Crippen molar-refractivity contribution < 1.29 is 23.8 Å². The molecule has 0 saturated carbocycles. The van der Waals surface area contributed by atoms with Crippen molar-refractivity contribution in [3.05, 3.63) is 93.8 Å². The first-order valence-electron chi connectivity index (χ1n) is 11.8. The minimum atomic E-state index is -0.898. The lowest BCUT2D eigenvalue weighted by Gasteiger charge is -2.30. The van der Waals surface area contributed by atoms with Gasteiger partial charge in [-0.1, -0.05) is 24.3 Å². The van der Waals surface area contributed by atoms with Crippen molar-refractivity contribution in [2.75, 3.05) is 26.1 Å². The van der Waals surface area contributed by atoms with Gasteiger partial charge in [-0.3, -0.25) is 9.59 Å². The minimum absolute atomic E-state index is 0.0336. The maximum atomic E-state index is 13.5. The molecule has 2 heterocycles. The average molecular weight is 522 g/mol. The van der Waals surface area contributed by atoms with Crippen LogP contribution in [0.4, 0.5) is 14.9 Å². The van der Waals surface area contributed by atoms with E-state index in [0.29, 0.717) is 22.4 Å². The number of nitrogens with one attached hydrogen (secondary N) is 2. The fraction of sp³-hybridized carbons (Fsp3) is 0.259. The van der Waals surface area contributed by atoms with Gasteiger partial charge in [0, 0.05) is 32.2 Å². The lowest BCUT2D eigenvalue weighted by molar-refractivity contribution is -0.113. The van der Waals surface area contributed by atoms with Crippen molar-refractivity contribution in [3.8, 4) is 11.1 Å². The zero-order valence-corrected chi connectivity index (χ0v) is 21.1. The van der Waals surface area contributed by atoms with E-state index in [-0.39, 0.29) is 18.7 Å². The van der Waals surface area contributed by atoms with Crippen LogP contribution in [0.15, 0.2) is 71.3 Å². The molecule has 2 aromatic carbocycles. The molecule has 0 bridgehead atoms. The molecule has 1 aromatic heterocycles. The summed E-state index contributed by atoms with van der Waals surface area (Å²) in [6, 6.07) is 11.1. The first-order valence-corrected chi connectivity index (χ1v) is 11.8. The summed E-state index contributed by atoms with van der Waals surface area (Å²) >= 11 is 0. The summed E-state index contributed by atoms with van der Waals surface area (Å²) in [5.41, 5.74) is 2.50. The number of aliphatic hydroxyl groups is 1. The Kier molecular flexibility index (Phi) is 7.99. The Hall–Kier alpha value is -4.35. The third-order valence-corrected chi connectivity index (χ3v) is 6.15. The normalized spacial score (nSPS) is 16.0. The number of hydrogen-bond acceptors (Lipinski definition) is 6. The van der Waals surface area contributed by atoms with Crippen LogP contribution in [-0.2, 0) is 16.1 Å². The van der Waals surface area contributed by atoms with E-state index in [2.05, 4.69) is 15.7 Å². The van der Waals surface area contributed by atoms with Gasteiger partial charge in [-0.2, -0.15) is 5.10 Å². The number of anilines is 1. The number of amides is 3. The first-order chi connectivity index (χ1) is 18.2. The summed E-state index contributed by atoms with van der Waals surface area (Å²) in [5, 5.41) is 19.7. The van der Waals surface area contributed by atoms with E-state index in [0.717, 1.165) is 10.2 Å². The Morgan fingerprint density at radius 3 is 2.66 bits per heavy atom. The fourth-order valence-corrected chi connectivity index (χ4v) is 4.12. The van der Waals surface area contributed by atoms with E-state index in [1.165, 1.54) is 55.7 Å². The number of ether oxygens (including phenoxy) is 1. The van der Waals surface area contributed by atoms with Crippen LogP contribution in [0, 0.1) is 12.7 Å². The van der Waals surface area contributed by atoms with Crippen LogP contribution in [0.2, 0.25) is 0 Å². The topological polar surface area (TPSA) is 126 Å². The average Bonchev–Trinajstić information content (AvgIpc) is 2.88. The number of halogens is 1. The molecule has 1 aliphatic rings. The lowest BCUT2D eigenvalue weighted by Crippen LogP contribution is -2.44. The maximum absolute atomic E-state index is 13.5. The van der Waals surface area contributed by atoms with Crippen molar-refractivity contribution in [1.29, 1.82) is 0 Å². The van der Waals surface area contributed by atoms with Crippen LogP contribution in [0.3, 0.4) is 0 Å². The molecule has 0 unspecified atom stereocenters. The lowest BCUT2D eigenvalue weighted by atomic mass is 9.96. The van der Waals surface area contributed by atoms with Gasteiger partial charge in [0.15, 0.2) is 0 Å². The Bertz CT molecular complexity index is 1440. The number of aromatic nitrogens is 2. The number of aliphatic hydroxyl groups excluding tert-OH is 1. The molecule has 198 valence electrons. The second-order valence-electron chi connectivity index (χ2n) is 8.95. The molecule has 1 aliphatic heterocycles. The van der Waals surface area contributed by atoms with Gasteiger partial charge in [0.1, 0.15) is 5.82 Å². The molecule has 0 saturated heterocycles. The summed E-state index contributed by atoms with van der Waals surface area (Å²) in [4.78, 5) is 40.0. The highest BCUT2D eigenvalue weighted by molar-refractivity contribution is 6.06. The number of methoxy groups -OCH3 is 1. The largest absolute Gasteiger partial charge is 0.389 e. The number of urea groups is 1. The number of aryl methyl sites for hydroxylation is 1. The smallest absolute Gasteiger partial charge is 0.321 e. The van der Waals surface area contributed by atoms with Gasteiger partial charge >= 0.3 is 6.03 Å². The van der Waals surface area contributed by atoms with E-state index in [9.17, 15) is 23.9 Å². The van der Waals surface area contributed by atoms with Crippen molar-refractivity contribution >= 4 is 17.6 Å². The molecule has 4 rings (SSSR count). The van der Waals surface area contributed by atoms with E-state index in [1.54, 1.807) is 24.3 Å². The molecule has 0 radical (unpaired) electrons. The van der Waals surface area contributed by atoms with Gasteiger partial charge in [0.05, 0.1) is 36.4 Å². The van der Waals surface area contributed by atoms with Crippen molar-refractivity contribution in [2.45, 2.75) is 25.6 Å². The molecule has 2 atom stereocenters. The summed E-state index contributed by atoms with van der Waals surface area (Å²) in [7, 11) is 2.97. The van der Waals surface area contributed by atoms with Gasteiger partial charge in [-0.05, 0) is 47.9 Å². The maximum Gasteiger partial charge on any atom is 0.321 e. The third-order valence-electron chi connectivity index (χ3n) is 6.15. The molecule has 0 aliphatic carbocycles. The number of benzene rings is 2. The molecule has 11 heteroatoms. The number of carbonyl (C=O) groups is 2. The zero-order valence-electron chi connectivity index (χ0n) is 21.1. The molecule has 3 N–H and O–H groups in total. The predicted octanol–water partition coefficient (Wildman–Crippen LogP) is 2.58. The van der Waals surface area contributed by atoms with Gasteiger partial charge in [-0.15, -0.1) is 0 Å². The van der Waals surface area contributed by atoms with Crippen LogP contribution in [0.25, 0.3) is 11.1 Å². The molecular formula is C27H28FN5O5. The second-order valence-corrected chi connectivity index (χ2v) is 8.95. The van der Waals surface area contributed by atoms with Gasteiger partial charge < -0.3 is 25.4 Å². The molecule has 0 spiro atoms. The van der Waals surface area contributed by atoms with E-state index < -0.39 is 35.5 Å². The van der Waals surface area contributed by atoms with Crippen LogP contribution < -0.4 is 16.2 Å². The Balaban J connectivity index is 1.63. The third kappa shape index (κ3) is 5.79. The standard InChI is InChI=1S/C27H28FN5O5/c1-16-4-5-18(21-10-11-29-33(26(21)36)13-20(34)15-38-3)12-23(16)30-25(35)22-14-32(2)27(37)31-24(22)17-6-8-19(28)9-7-17/h4-12,14,20,24,34H,13,15H2,1-3H3,(H,30,35)(H,31,37)/t20-,24+/m1/s1. The number of hydrogen-bond donors (Lipinski definition) is 3. The number of rotatable bonds is 8. The number of nitrogens with zero attached hydrogens (tertiary/aromatic N) is 3. The van der Waals surface area contributed by atoms with Gasteiger partial charge in [0.25, 0.3) is 11.5 Å². The Labute approximate surface area is 218 Å².